The topological polar surface area (TPSA) is 47.6 Å². The summed E-state index contributed by atoms with van der Waals surface area (Å²) in [5, 5.41) is 3.49. The third kappa shape index (κ3) is 9.59. The highest BCUT2D eigenvalue weighted by Crippen LogP contribution is 2.23. The van der Waals surface area contributed by atoms with Crippen LogP contribution in [-0.4, -0.2) is 50.4 Å². The van der Waals surface area contributed by atoms with Gasteiger partial charge in [0.1, 0.15) is 12.9 Å². The minimum absolute atomic E-state index is 0.145. The van der Waals surface area contributed by atoms with E-state index in [0.29, 0.717) is 19.8 Å². The number of aldehydes is 1. The molecule has 0 rings (SSSR count). The third-order valence-electron chi connectivity index (χ3n) is 2.48. The van der Waals surface area contributed by atoms with E-state index >= 15 is 0 Å². The zero-order valence-electron chi connectivity index (χ0n) is 11.2. The monoisotopic (exact) mass is 263 g/mol. The number of nitrogens with one attached hydrogen (secondary N) is 1. The van der Waals surface area contributed by atoms with Crippen molar-refractivity contribution in [2.75, 3.05) is 39.2 Å². The maximum Gasteiger partial charge on any atom is 0.145 e. The van der Waals surface area contributed by atoms with Gasteiger partial charge in [-0.15, -0.1) is 11.8 Å². The number of rotatable bonds is 12. The lowest BCUT2D eigenvalue weighted by atomic mass is 10.2. The van der Waals surface area contributed by atoms with Crippen molar-refractivity contribution < 1.29 is 14.3 Å². The van der Waals surface area contributed by atoms with Gasteiger partial charge < -0.3 is 19.6 Å². The van der Waals surface area contributed by atoms with E-state index < -0.39 is 0 Å². The van der Waals surface area contributed by atoms with Crippen LogP contribution in [0.1, 0.15) is 26.7 Å². The van der Waals surface area contributed by atoms with E-state index in [4.69, 9.17) is 9.47 Å². The van der Waals surface area contributed by atoms with Gasteiger partial charge in [0.05, 0.1) is 24.7 Å². The lowest BCUT2D eigenvalue weighted by Crippen LogP contribution is -2.40. The van der Waals surface area contributed by atoms with Crippen LogP contribution in [0.4, 0.5) is 0 Å². The van der Waals surface area contributed by atoms with E-state index in [1.165, 1.54) is 6.42 Å². The van der Waals surface area contributed by atoms with Crippen molar-refractivity contribution in [3.05, 3.63) is 0 Å². The van der Waals surface area contributed by atoms with E-state index in [2.05, 4.69) is 25.4 Å². The molecule has 0 aliphatic rings. The summed E-state index contributed by atoms with van der Waals surface area (Å²) >= 11 is 1.84. The molecule has 4 nitrogen and oxygen atoms in total. The minimum Gasteiger partial charge on any atom is -0.378 e. The summed E-state index contributed by atoms with van der Waals surface area (Å²) in [5.41, 5.74) is 0. The molecule has 0 aromatic heterocycles. The van der Waals surface area contributed by atoms with Gasteiger partial charge in [0.25, 0.3) is 0 Å². The van der Waals surface area contributed by atoms with Gasteiger partial charge in [-0.1, -0.05) is 13.3 Å². The number of carbonyl (C=O) groups excluding carboxylic acids is 1. The van der Waals surface area contributed by atoms with Crippen LogP contribution in [0.2, 0.25) is 0 Å². The van der Waals surface area contributed by atoms with E-state index in [1.807, 2.05) is 11.8 Å². The fraction of sp³-hybridized carbons (Fsp3) is 0.917. The molecule has 0 saturated carbocycles. The molecule has 0 radical (unpaired) electrons. The van der Waals surface area contributed by atoms with Gasteiger partial charge in [-0.3, -0.25) is 0 Å². The maximum atomic E-state index is 9.97. The summed E-state index contributed by atoms with van der Waals surface area (Å²) < 4.78 is 10.4. The summed E-state index contributed by atoms with van der Waals surface area (Å²) in [5.74, 6) is 0. The molecular formula is C12H25NO3S. The van der Waals surface area contributed by atoms with Crippen LogP contribution in [0, 0.1) is 0 Å². The van der Waals surface area contributed by atoms with Gasteiger partial charge in [-0.05, 0) is 19.6 Å². The fourth-order valence-corrected chi connectivity index (χ4v) is 2.13. The molecule has 0 aromatic carbocycles. The first-order valence-electron chi connectivity index (χ1n) is 6.08. The Morgan fingerprint density at radius 3 is 2.59 bits per heavy atom. The van der Waals surface area contributed by atoms with Crippen LogP contribution in [-0.2, 0) is 14.3 Å². The number of hydrogen-bond donors (Lipinski definition) is 1. The van der Waals surface area contributed by atoms with Gasteiger partial charge in [0.15, 0.2) is 0 Å². The molecule has 1 unspecified atom stereocenters. The lowest BCUT2D eigenvalue weighted by Gasteiger charge is -2.28. The molecule has 17 heavy (non-hydrogen) atoms. The number of ether oxygens (including phenoxy) is 2. The molecule has 0 aliphatic carbocycles. The van der Waals surface area contributed by atoms with Gasteiger partial charge in [-0.2, -0.15) is 0 Å². The Kier molecular flexibility index (Phi) is 11.0. The standard InChI is InChI=1S/C12H25NO3S/c1-4-5-12(2,17-3)13-6-8-15-10-11-16-9-7-14/h7,13H,4-6,8-11H2,1-3H3. The van der Waals surface area contributed by atoms with Crippen LogP contribution >= 0.6 is 11.8 Å². The van der Waals surface area contributed by atoms with E-state index in [0.717, 1.165) is 19.3 Å². The Hall–Kier alpha value is -0.100. The summed E-state index contributed by atoms with van der Waals surface area (Å²) in [7, 11) is 0. The Morgan fingerprint density at radius 2 is 2.00 bits per heavy atom. The SMILES string of the molecule is CCCC(C)(NCCOCCOCC=O)SC. The van der Waals surface area contributed by atoms with Crippen LogP contribution < -0.4 is 5.32 Å². The van der Waals surface area contributed by atoms with Crippen molar-refractivity contribution in [1.82, 2.24) is 5.32 Å². The number of carbonyl (C=O) groups is 1. The molecule has 0 saturated heterocycles. The molecule has 0 fully saturated rings. The van der Waals surface area contributed by atoms with Gasteiger partial charge in [0.2, 0.25) is 0 Å². The van der Waals surface area contributed by atoms with Crippen molar-refractivity contribution in [3.63, 3.8) is 0 Å². The molecular weight excluding hydrogens is 238 g/mol. The van der Waals surface area contributed by atoms with Crippen LogP contribution in [0.3, 0.4) is 0 Å². The number of hydrogen-bond acceptors (Lipinski definition) is 5. The van der Waals surface area contributed by atoms with Crippen LogP contribution in [0.5, 0.6) is 0 Å². The largest absolute Gasteiger partial charge is 0.378 e. The van der Waals surface area contributed by atoms with Crippen LogP contribution in [0.15, 0.2) is 0 Å². The zero-order chi connectivity index (χ0) is 13.0. The molecule has 0 aromatic rings. The Bertz CT molecular complexity index is 193. The normalized spacial score (nSPS) is 14.5. The Labute approximate surface area is 109 Å². The Morgan fingerprint density at radius 1 is 1.29 bits per heavy atom. The molecule has 1 atom stereocenters. The highest BCUT2D eigenvalue weighted by atomic mass is 32.2. The molecule has 1 N–H and O–H groups in total. The molecule has 0 spiro atoms. The third-order valence-corrected chi connectivity index (χ3v) is 3.73. The summed E-state index contributed by atoms with van der Waals surface area (Å²) in [6, 6.07) is 0. The zero-order valence-corrected chi connectivity index (χ0v) is 12.0. The molecule has 0 heterocycles. The molecule has 5 heteroatoms. The first-order chi connectivity index (χ1) is 8.18. The van der Waals surface area contributed by atoms with E-state index in [-0.39, 0.29) is 11.5 Å². The highest BCUT2D eigenvalue weighted by molar-refractivity contribution is 7.99. The van der Waals surface area contributed by atoms with Crippen molar-refractivity contribution in [1.29, 1.82) is 0 Å². The second kappa shape index (κ2) is 11.0. The van der Waals surface area contributed by atoms with E-state index in [1.54, 1.807) is 0 Å². The minimum atomic E-state index is 0.145. The summed E-state index contributed by atoms with van der Waals surface area (Å²) in [6.45, 7) is 7.09. The van der Waals surface area contributed by atoms with Crippen LogP contribution in [0.25, 0.3) is 0 Å². The molecule has 0 bridgehead atoms. The average Bonchev–Trinajstić information content (AvgIpc) is 2.33. The quantitative estimate of drug-likeness (QED) is 0.330. The summed E-state index contributed by atoms with van der Waals surface area (Å²) in [4.78, 5) is 10.1. The first kappa shape index (κ1) is 16.9. The molecule has 0 aliphatic heterocycles. The first-order valence-corrected chi connectivity index (χ1v) is 7.30. The second-order valence-corrected chi connectivity index (χ2v) is 5.28. The van der Waals surface area contributed by atoms with Gasteiger partial charge in [-0.25, -0.2) is 0 Å². The molecule has 0 amide bonds. The Balaban J connectivity index is 3.39. The molecule has 102 valence electrons. The fourth-order valence-electron chi connectivity index (χ4n) is 1.48. The van der Waals surface area contributed by atoms with Gasteiger partial charge >= 0.3 is 0 Å². The van der Waals surface area contributed by atoms with Gasteiger partial charge in [0, 0.05) is 6.54 Å². The van der Waals surface area contributed by atoms with Crippen molar-refractivity contribution in [2.24, 2.45) is 0 Å². The summed E-state index contributed by atoms with van der Waals surface area (Å²) in [6.07, 6.45) is 5.19. The predicted molar refractivity (Wildman–Crippen MR) is 72.5 cm³/mol. The average molecular weight is 263 g/mol. The van der Waals surface area contributed by atoms with Crippen molar-refractivity contribution in [2.45, 2.75) is 31.6 Å². The van der Waals surface area contributed by atoms with Crippen molar-refractivity contribution >= 4 is 18.0 Å². The maximum absolute atomic E-state index is 9.97. The number of thioether (sulfide) groups is 1. The van der Waals surface area contributed by atoms with E-state index in [9.17, 15) is 4.79 Å². The second-order valence-electron chi connectivity index (χ2n) is 3.97. The lowest BCUT2D eigenvalue weighted by molar-refractivity contribution is -0.112. The highest BCUT2D eigenvalue weighted by Gasteiger charge is 2.19. The predicted octanol–water partition coefficient (Wildman–Crippen LogP) is 1.69. The smallest absolute Gasteiger partial charge is 0.145 e. The van der Waals surface area contributed by atoms with Crippen molar-refractivity contribution in [3.8, 4) is 0 Å².